The fraction of sp³-hybridized carbons (Fsp3) is 0.500. The van der Waals surface area contributed by atoms with Crippen molar-refractivity contribution in [1.82, 2.24) is 4.90 Å². The third kappa shape index (κ3) is 4.71. The second-order valence-electron chi connectivity index (χ2n) is 4.87. The highest BCUT2D eigenvalue weighted by molar-refractivity contribution is 5.72. The minimum Gasteiger partial charge on any atom is -0.496 e. The maximum atomic E-state index is 11.4. The number of nitrogens with zero attached hydrogens (tertiary/aromatic N) is 2. The van der Waals surface area contributed by atoms with Gasteiger partial charge in [0.2, 0.25) is 0 Å². The van der Waals surface area contributed by atoms with Crippen LogP contribution >= 0.6 is 0 Å². The Hall–Kier alpha value is -2.15. The van der Waals surface area contributed by atoms with Crippen LogP contribution in [0, 0.1) is 16.0 Å². The second kappa shape index (κ2) is 7.58. The van der Waals surface area contributed by atoms with Crippen LogP contribution in [0.5, 0.6) is 5.75 Å². The van der Waals surface area contributed by atoms with Crippen LogP contribution in [0.25, 0.3) is 0 Å². The highest BCUT2D eigenvalue weighted by Gasteiger charge is 2.18. The van der Waals surface area contributed by atoms with Crippen molar-refractivity contribution >= 4 is 11.7 Å². The summed E-state index contributed by atoms with van der Waals surface area (Å²) in [6.45, 7) is 2.69. The van der Waals surface area contributed by atoms with Gasteiger partial charge in [-0.25, -0.2) is 0 Å². The predicted octanol–water partition coefficient (Wildman–Crippen LogP) is 1.84. The smallest absolute Gasteiger partial charge is 0.309 e. The van der Waals surface area contributed by atoms with E-state index in [1.807, 2.05) is 11.9 Å². The number of nitro groups is 1. The number of carbonyl (C=O) groups excluding carboxylic acids is 1. The van der Waals surface area contributed by atoms with E-state index in [1.165, 1.54) is 26.4 Å². The van der Waals surface area contributed by atoms with Crippen molar-refractivity contribution in [2.75, 3.05) is 27.8 Å². The summed E-state index contributed by atoms with van der Waals surface area (Å²) in [5.74, 6) is 0.0238. The normalized spacial score (nSPS) is 12.0. The van der Waals surface area contributed by atoms with E-state index in [1.54, 1.807) is 13.0 Å². The molecular formula is C14H20N2O5. The molecule has 0 aromatic heterocycles. The maximum Gasteiger partial charge on any atom is 0.309 e. The molecule has 1 unspecified atom stereocenters. The molecule has 21 heavy (non-hydrogen) atoms. The van der Waals surface area contributed by atoms with Gasteiger partial charge in [0, 0.05) is 30.8 Å². The first-order valence-electron chi connectivity index (χ1n) is 6.46. The lowest BCUT2D eigenvalue weighted by Gasteiger charge is -2.21. The van der Waals surface area contributed by atoms with E-state index < -0.39 is 4.92 Å². The van der Waals surface area contributed by atoms with E-state index in [0.29, 0.717) is 24.4 Å². The van der Waals surface area contributed by atoms with Gasteiger partial charge in [0.1, 0.15) is 5.75 Å². The van der Waals surface area contributed by atoms with E-state index in [2.05, 4.69) is 4.74 Å². The molecule has 0 N–H and O–H groups in total. The minimum absolute atomic E-state index is 0.0141. The molecule has 0 spiro atoms. The van der Waals surface area contributed by atoms with Crippen molar-refractivity contribution in [1.29, 1.82) is 0 Å². The van der Waals surface area contributed by atoms with Crippen LogP contribution in [0.4, 0.5) is 5.69 Å². The molecule has 0 aliphatic carbocycles. The Morgan fingerprint density at radius 2 is 2.10 bits per heavy atom. The Morgan fingerprint density at radius 1 is 1.43 bits per heavy atom. The van der Waals surface area contributed by atoms with Crippen LogP contribution in [0.15, 0.2) is 18.2 Å². The first-order valence-corrected chi connectivity index (χ1v) is 6.46. The summed E-state index contributed by atoms with van der Waals surface area (Å²) in [7, 11) is 4.70. The topological polar surface area (TPSA) is 81.9 Å². The average molecular weight is 296 g/mol. The number of benzene rings is 1. The number of nitro benzene ring substituents is 1. The quantitative estimate of drug-likeness (QED) is 0.434. The van der Waals surface area contributed by atoms with E-state index in [-0.39, 0.29) is 17.6 Å². The van der Waals surface area contributed by atoms with Crippen molar-refractivity contribution in [3.05, 3.63) is 33.9 Å². The summed E-state index contributed by atoms with van der Waals surface area (Å²) < 4.78 is 9.89. The molecule has 0 amide bonds. The van der Waals surface area contributed by atoms with Gasteiger partial charge in [-0.3, -0.25) is 14.9 Å². The molecular weight excluding hydrogens is 276 g/mol. The van der Waals surface area contributed by atoms with Gasteiger partial charge in [-0.15, -0.1) is 0 Å². The molecule has 1 atom stereocenters. The zero-order valence-electron chi connectivity index (χ0n) is 12.7. The van der Waals surface area contributed by atoms with Gasteiger partial charge in [-0.1, -0.05) is 6.92 Å². The summed E-state index contributed by atoms with van der Waals surface area (Å²) in [4.78, 5) is 23.7. The molecule has 0 radical (unpaired) electrons. The molecule has 0 heterocycles. The van der Waals surface area contributed by atoms with Gasteiger partial charge >= 0.3 is 5.97 Å². The zero-order chi connectivity index (χ0) is 16.0. The summed E-state index contributed by atoms with van der Waals surface area (Å²) in [5, 5.41) is 10.8. The second-order valence-corrected chi connectivity index (χ2v) is 4.87. The van der Waals surface area contributed by atoms with Crippen LogP contribution in [0.3, 0.4) is 0 Å². The molecule has 0 bridgehead atoms. The Balaban J connectivity index is 2.83. The molecule has 0 fully saturated rings. The lowest BCUT2D eigenvalue weighted by Crippen LogP contribution is -2.29. The Bertz CT molecular complexity index is 518. The van der Waals surface area contributed by atoms with E-state index in [9.17, 15) is 14.9 Å². The highest BCUT2D eigenvalue weighted by atomic mass is 16.6. The van der Waals surface area contributed by atoms with Crippen LogP contribution in [-0.2, 0) is 16.1 Å². The SMILES string of the molecule is COC(=O)C(C)CN(C)Cc1cc([N+](=O)[O-])ccc1OC. The van der Waals surface area contributed by atoms with E-state index in [4.69, 9.17) is 4.74 Å². The molecule has 7 nitrogen and oxygen atoms in total. The van der Waals surface area contributed by atoms with Crippen molar-refractivity contribution in [2.24, 2.45) is 5.92 Å². The summed E-state index contributed by atoms with van der Waals surface area (Å²) in [6.07, 6.45) is 0. The number of carbonyl (C=O) groups is 1. The molecule has 1 rings (SSSR count). The maximum absolute atomic E-state index is 11.4. The van der Waals surface area contributed by atoms with Crippen LogP contribution in [-0.4, -0.2) is 43.6 Å². The number of esters is 1. The van der Waals surface area contributed by atoms with Crippen LogP contribution in [0.1, 0.15) is 12.5 Å². The van der Waals surface area contributed by atoms with Crippen molar-refractivity contribution < 1.29 is 19.2 Å². The fourth-order valence-corrected chi connectivity index (χ4v) is 2.10. The lowest BCUT2D eigenvalue weighted by atomic mass is 10.1. The molecule has 0 aliphatic rings. The summed E-state index contributed by atoms with van der Waals surface area (Å²) >= 11 is 0. The molecule has 0 saturated carbocycles. The van der Waals surface area contributed by atoms with Crippen molar-refractivity contribution in [3.63, 3.8) is 0 Å². The molecule has 0 aliphatic heterocycles. The number of hydrogen-bond acceptors (Lipinski definition) is 6. The molecule has 1 aromatic carbocycles. The van der Waals surface area contributed by atoms with Crippen molar-refractivity contribution in [3.8, 4) is 5.75 Å². The first kappa shape index (κ1) is 16.9. The molecule has 7 heteroatoms. The van der Waals surface area contributed by atoms with Crippen LogP contribution < -0.4 is 4.74 Å². The predicted molar refractivity (Wildman–Crippen MR) is 77.2 cm³/mol. The number of non-ortho nitro benzene ring substituents is 1. The Labute approximate surface area is 123 Å². The van der Waals surface area contributed by atoms with Gasteiger partial charge in [0.25, 0.3) is 5.69 Å². The van der Waals surface area contributed by atoms with Gasteiger partial charge in [0.15, 0.2) is 0 Å². The fourth-order valence-electron chi connectivity index (χ4n) is 2.10. The van der Waals surface area contributed by atoms with Gasteiger partial charge in [-0.2, -0.15) is 0 Å². The zero-order valence-corrected chi connectivity index (χ0v) is 12.7. The van der Waals surface area contributed by atoms with Crippen LogP contribution in [0.2, 0.25) is 0 Å². The van der Waals surface area contributed by atoms with E-state index >= 15 is 0 Å². The van der Waals surface area contributed by atoms with Gasteiger partial charge < -0.3 is 14.4 Å². The summed E-state index contributed by atoms with van der Waals surface area (Å²) in [5.41, 5.74) is 0.714. The Morgan fingerprint density at radius 3 is 2.62 bits per heavy atom. The third-order valence-corrected chi connectivity index (χ3v) is 3.10. The Kier molecular flexibility index (Phi) is 6.10. The average Bonchev–Trinajstić information content (AvgIpc) is 2.45. The van der Waals surface area contributed by atoms with Gasteiger partial charge in [0.05, 0.1) is 25.1 Å². The summed E-state index contributed by atoms with van der Waals surface area (Å²) in [6, 6.07) is 4.46. The van der Waals surface area contributed by atoms with E-state index in [0.717, 1.165) is 0 Å². The minimum atomic E-state index is -0.444. The third-order valence-electron chi connectivity index (χ3n) is 3.10. The molecule has 116 valence electrons. The first-order chi connectivity index (χ1) is 9.88. The van der Waals surface area contributed by atoms with Crippen molar-refractivity contribution in [2.45, 2.75) is 13.5 Å². The number of rotatable bonds is 7. The van der Waals surface area contributed by atoms with Gasteiger partial charge in [-0.05, 0) is 13.1 Å². The number of hydrogen-bond donors (Lipinski definition) is 0. The standard InChI is InChI=1S/C14H20N2O5/c1-10(14(17)21-4)8-15(2)9-11-7-12(16(18)19)5-6-13(11)20-3/h5-7,10H,8-9H2,1-4H3. The highest BCUT2D eigenvalue weighted by Crippen LogP contribution is 2.25. The monoisotopic (exact) mass is 296 g/mol. The number of methoxy groups -OCH3 is 2. The lowest BCUT2D eigenvalue weighted by molar-refractivity contribution is -0.384. The number of ether oxygens (including phenoxy) is 2. The molecule has 0 saturated heterocycles. The molecule has 1 aromatic rings. The largest absolute Gasteiger partial charge is 0.496 e.